The van der Waals surface area contributed by atoms with Crippen LogP contribution in [0.3, 0.4) is 0 Å². The van der Waals surface area contributed by atoms with Gasteiger partial charge >= 0.3 is 5.97 Å². The van der Waals surface area contributed by atoms with Gasteiger partial charge in [-0.1, -0.05) is 0 Å². The average Bonchev–Trinajstić information content (AvgIpc) is 2.80. The minimum Gasteiger partial charge on any atom is -0.483 e. The van der Waals surface area contributed by atoms with Gasteiger partial charge < -0.3 is 20.0 Å². The van der Waals surface area contributed by atoms with Crippen molar-refractivity contribution in [3.8, 4) is 5.75 Å². The molecule has 0 spiro atoms. The first-order valence-electron chi connectivity index (χ1n) is 4.95. The molecule has 1 heterocycles. The van der Waals surface area contributed by atoms with Gasteiger partial charge in [0.15, 0.2) is 0 Å². The largest absolute Gasteiger partial charge is 0.483 e. The van der Waals surface area contributed by atoms with Crippen molar-refractivity contribution in [2.75, 3.05) is 5.73 Å². The van der Waals surface area contributed by atoms with Crippen molar-refractivity contribution in [2.45, 2.75) is 6.61 Å². The minimum absolute atomic E-state index is 0.132. The van der Waals surface area contributed by atoms with Crippen molar-refractivity contribution in [1.82, 2.24) is 0 Å². The molecule has 5 nitrogen and oxygen atoms in total. The van der Waals surface area contributed by atoms with E-state index in [1.54, 1.807) is 18.4 Å². The third-order valence-corrected chi connectivity index (χ3v) is 2.21. The topological polar surface area (TPSA) is 85.7 Å². The number of carboxylic acid groups (broad SMARTS) is 1. The zero-order chi connectivity index (χ0) is 12.3. The Morgan fingerprint density at radius 3 is 2.82 bits per heavy atom. The molecule has 5 heteroatoms. The van der Waals surface area contributed by atoms with Crippen molar-refractivity contribution in [1.29, 1.82) is 0 Å². The molecule has 2 rings (SSSR count). The summed E-state index contributed by atoms with van der Waals surface area (Å²) in [6, 6.07) is 7.87. The number of benzene rings is 1. The number of rotatable bonds is 4. The molecule has 1 aromatic heterocycles. The molecule has 0 radical (unpaired) electrons. The van der Waals surface area contributed by atoms with E-state index in [1.807, 2.05) is 0 Å². The summed E-state index contributed by atoms with van der Waals surface area (Å²) < 4.78 is 10.5. The van der Waals surface area contributed by atoms with Crippen LogP contribution in [0.15, 0.2) is 41.0 Å². The monoisotopic (exact) mass is 233 g/mol. The number of nitrogen functional groups attached to an aromatic ring is 1. The summed E-state index contributed by atoms with van der Waals surface area (Å²) in [6.07, 6.45) is 1.55. The summed E-state index contributed by atoms with van der Waals surface area (Å²) in [4.78, 5) is 10.7. The Morgan fingerprint density at radius 2 is 2.24 bits per heavy atom. The molecule has 3 N–H and O–H groups in total. The summed E-state index contributed by atoms with van der Waals surface area (Å²) in [5.41, 5.74) is 6.10. The number of carbonyl (C=O) groups is 1. The van der Waals surface area contributed by atoms with Crippen molar-refractivity contribution >= 4 is 11.7 Å². The second kappa shape index (κ2) is 4.61. The normalized spacial score (nSPS) is 10.1. The number of aromatic carboxylic acids is 1. The molecule has 88 valence electrons. The molecule has 1 aromatic carbocycles. The van der Waals surface area contributed by atoms with Gasteiger partial charge in [0.25, 0.3) is 0 Å². The van der Waals surface area contributed by atoms with E-state index >= 15 is 0 Å². The fraction of sp³-hybridized carbons (Fsp3) is 0.0833. The summed E-state index contributed by atoms with van der Waals surface area (Å²) in [5, 5.41) is 8.77. The molecule has 0 saturated carbocycles. The molecule has 0 aliphatic carbocycles. The van der Waals surface area contributed by atoms with Gasteiger partial charge in [0.1, 0.15) is 18.1 Å². The Balaban J connectivity index is 2.09. The number of hydrogen-bond acceptors (Lipinski definition) is 4. The van der Waals surface area contributed by atoms with Crippen LogP contribution in [-0.2, 0) is 6.61 Å². The van der Waals surface area contributed by atoms with E-state index in [0.717, 1.165) is 0 Å². The van der Waals surface area contributed by atoms with Crippen molar-refractivity contribution in [3.63, 3.8) is 0 Å². The van der Waals surface area contributed by atoms with Crippen molar-refractivity contribution in [3.05, 3.63) is 47.9 Å². The minimum atomic E-state index is -1.02. The van der Waals surface area contributed by atoms with Crippen LogP contribution in [0, 0.1) is 0 Å². The number of carboxylic acids is 1. The van der Waals surface area contributed by atoms with E-state index in [0.29, 0.717) is 11.5 Å². The summed E-state index contributed by atoms with van der Waals surface area (Å²) in [7, 11) is 0. The maximum Gasteiger partial charge on any atom is 0.335 e. The van der Waals surface area contributed by atoms with Gasteiger partial charge in [-0.05, 0) is 30.3 Å². The number of furan rings is 1. The van der Waals surface area contributed by atoms with E-state index in [2.05, 4.69) is 0 Å². The number of anilines is 1. The van der Waals surface area contributed by atoms with Crippen LogP contribution < -0.4 is 10.5 Å². The molecule has 17 heavy (non-hydrogen) atoms. The van der Waals surface area contributed by atoms with Gasteiger partial charge in [-0.25, -0.2) is 4.79 Å². The highest BCUT2D eigenvalue weighted by molar-refractivity contribution is 5.89. The molecule has 0 bridgehead atoms. The van der Waals surface area contributed by atoms with Gasteiger partial charge in [-0.2, -0.15) is 0 Å². The summed E-state index contributed by atoms with van der Waals surface area (Å²) in [5.74, 6) is 0.0902. The van der Waals surface area contributed by atoms with Crippen LogP contribution in [-0.4, -0.2) is 11.1 Å². The Bertz CT molecular complexity index is 519. The van der Waals surface area contributed by atoms with Crippen LogP contribution in [0.2, 0.25) is 0 Å². The van der Waals surface area contributed by atoms with Crippen LogP contribution in [0.25, 0.3) is 0 Å². The third-order valence-electron chi connectivity index (χ3n) is 2.21. The molecule has 2 aromatic rings. The Morgan fingerprint density at radius 1 is 1.41 bits per heavy atom. The SMILES string of the molecule is Nc1cc(C(=O)O)ccc1OCc1ccco1. The molecule has 0 aliphatic heterocycles. The quantitative estimate of drug-likeness (QED) is 0.790. The summed E-state index contributed by atoms with van der Waals surface area (Å²) >= 11 is 0. The molecular formula is C12H11NO4. The first-order chi connectivity index (χ1) is 8.16. The van der Waals surface area contributed by atoms with E-state index in [-0.39, 0.29) is 17.9 Å². The van der Waals surface area contributed by atoms with E-state index in [4.69, 9.17) is 20.0 Å². The van der Waals surface area contributed by atoms with Crippen molar-refractivity contribution < 1.29 is 19.1 Å². The highest BCUT2D eigenvalue weighted by atomic mass is 16.5. The highest BCUT2D eigenvalue weighted by Gasteiger charge is 2.07. The number of ether oxygens (including phenoxy) is 1. The standard InChI is InChI=1S/C12H11NO4/c13-10-6-8(12(14)15)3-4-11(10)17-7-9-2-1-5-16-9/h1-6H,7,13H2,(H,14,15). The first-order valence-corrected chi connectivity index (χ1v) is 4.95. The maximum absolute atomic E-state index is 10.7. The van der Waals surface area contributed by atoms with Gasteiger partial charge in [-0.3, -0.25) is 0 Å². The third kappa shape index (κ3) is 2.57. The zero-order valence-corrected chi connectivity index (χ0v) is 8.92. The lowest BCUT2D eigenvalue weighted by atomic mass is 10.2. The zero-order valence-electron chi connectivity index (χ0n) is 8.92. The predicted molar refractivity (Wildman–Crippen MR) is 60.9 cm³/mol. The van der Waals surface area contributed by atoms with Crippen LogP contribution in [0.1, 0.15) is 16.1 Å². The summed E-state index contributed by atoms with van der Waals surface area (Å²) in [6.45, 7) is 0.254. The second-order valence-electron chi connectivity index (χ2n) is 3.43. The average molecular weight is 233 g/mol. The molecule has 0 fully saturated rings. The Hall–Kier alpha value is -2.43. The smallest absolute Gasteiger partial charge is 0.335 e. The van der Waals surface area contributed by atoms with Gasteiger partial charge in [0.2, 0.25) is 0 Å². The molecule has 0 saturated heterocycles. The fourth-order valence-corrected chi connectivity index (χ4v) is 1.36. The van der Waals surface area contributed by atoms with Crippen LogP contribution >= 0.6 is 0 Å². The van der Waals surface area contributed by atoms with Crippen molar-refractivity contribution in [2.24, 2.45) is 0 Å². The molecule has 0 aliphatic rings. The Labute approximate surface area is 97.4 Å². The molecule has 0 unspecified atom stereocenters. The van der Waals surface area contributed by atoms with E-state index in [1.165, 1.54) is 18.2 Å². The predicted octanol–water partition coefficient (Wildman–Crippen LogP) is 2.14. The van der Waals surface area contributed by atoms with E-state index < -0.39 is 5.97 Å². The van der Waals surface area contributed by atoms with Gasteiger partial charge in [0.05, 0.1) is 17.5 Å². The Kier molecular flexibility index (Phi) is 3.00. The number of hydrogen-bond donors (Lipinski definition) is 2. The number of nitrogens with two attached hydrogens (primary N) is 1. The molecule has 0 amide bonds. The lowest BCUT2D eigenvalue weighted by Gasteiger charge is -2.07. The maximum atomic E-state index is 10.7. The van der Waals surface area contributed by atoms with Gasteiger partial charge in [-0.15, -0.1) is 0 Å². The lowest BCUT2D eigenvalue weighted by molar-refractivity contribution is 0.0697. The van der Waals surface area contributed by atoms with E-state index in [9.17, 15) is 4.79 Å². The van der Waals surface area contributed by atoms with Crippen LogP contribution in [0.5, 0.6) is 5.75 Å². The molecule has 0 atom stereocenters. The van der Waals surface area contributed by atoms with Crippen LogP contribution in [0.4, 0.5) is 5.69 Å². The first kappa shape index (κ1) is 11.1. The fourth-order valence-electron chi connectivity index (χ4n) is 1.36. The lowest BCUT2D eigenvalue weighted by Crippen LogP contribution is -2.01. The second-order valence-corrected chi connectivity index (χ2v) is 3.43. The van der Waals surface area contributed by atoms with Gasteiger partial charge in [0, 0.05) is 0 Å². The highest BCUT2D eigenvalue weighted by Crippen LogP contribution is 2.23. The molecular weight excluding hydrogens is 222 g/mol.